The normalized spacial score (nSPS) is 13.5. The van der Waals surface area contributed by atoms with Crippen molar-refractivity contribution in [2.45, 2.75) is 11.6 Å². The highest BCUT2D eigenvalue weighted by Gasteiger charge is 2.18. The van der Waals surface area contributed by atoms with Crippen LogP contribution in [0.5, 0.6) is 0 Å². The van der Waals surface area contributed by atoms with Crippen LogP contribution in [0.1, 0.15) is 5.76 Å². The Bertz CT molecular complexity index is 527. The summed E-state index contributed by atoms with van der Waals surface area (Å²) < 4.78 is 47.1. The Kier molecular flexibility index (Phi) is 7.38. The molecule has 1 aromatic rings. The van der Waals surface area contributed by atoms with Crippen molar-refractivity contribution in [1.29, 1.82) is 0 Å². The van der Waals surface area contributed by atoms with Gasteiger partial charge in [0.15, 0.2) is 0 Å². The average Bonchev–Trinajstić information content (AvgIpc) is 2.83. The minimum absolute atomic E-state index is 0.119. The zero-order valence-electron chi connectivity index (χ0n) is 11.5. The number of sulfonamides is 1. The van der Waals surface area contributed by atoms with Gasteiger partial charge in [-0.15, -0.1) is 0 Å². The fourth-order valence-electron chi connectivity index (χ4n) is 1.37. The molecule has 9 heteroatoms. The van der Waals surface area contributed by atoms with E-state index < -0.39 is 20.8 Å². The van der Waals surface area contributed by atoms with Gasteiger partial charge in [-0.2, -0.15) is 0 Å². The van der Waals surface area contributed by atoms with Crippen LogP contribution in [0.3, 0.4) is 0 Å². The van der Waals surface area contributed by atoms with Crippen molar-refractivity contribution in [3.05, 3.63) is 17.9 Å². The highest BCUT2D eigenvalue weighted by molar-refractivity contribution is 7.89. The maximum absolute atomic E-state index is 11.9. The molecular weight excluding hydrogens is 304 g/mol. The average molecular weight is 324 g/mol. The smallest absolute Gasteiger partial charge is 0.273 e. The Morgan fingerprint density at radius 2 is 2.10 bits per heavy atom. The standard InChI is InChI=1S/C11H20N2O5S2/c1-17-7-5-12-9-10-3-4-11(18-10)20(15,16)13-6-8-19(2)14/h3-4,12-13H,5-9H2,1-2H3. The first-order valence-corrected chi connectivity index (χ1v) is 9.25. The zero-order chi connectivity index (χ0) is 15.0. The molecule has 20 heavy (non-hydrogen) atoms. The number of hydrogen-bond acceptors (Lipinski definition) is 6. The molecule has 0 radical (unpaired) electrons. The third kappa shape index (κ3) is 6.14. The lowest BCUT2D eigenvalue weighted by Gasteiger charge is -2.03. The number of methoxy groups -OCH3 is 1. The lowest BCUT2D eigenvalue weighted by atomic mass is 10.4. The summed E-state index contributed by atoms with van der Waals surface area (Å²) in [6.45, 7) is 1.77. The second-order valence-electron chi connectivity index (χ2n) is 4.07. The number of nitrogens with one attached hydrogen (secondary N) is 2. The van der Waals surface area contributed by atoms with Crippen molar-refractivity contribution in [1.82, 2.24) is 10.0 Å². The largest absolute Gasteiger partial charge is 0.447 e. The lowest BCUT2D eigenvalue weighted by Crippen LogP contribution is -2.27. The Labute approximate surface area is 121 Å². The Morgan fingerprint density at radius 3 is 2.75 bits per heavy atom. The molecule has 1 atom stereocenters. The van der Waals surface area contributed by atoms with Crippen LogP contribution in [0.4, 0.5) is 0 Å². The summed E-state index contributed by atoms with van der Waals surface area (Å²) in [4.78, 5) is 0. The van der Waals surface area contributed by atoms with Crippen LogP contribution < -0.4 is 10.0 Å². The summed E-state index contributed by atoms with van der Waals surface area (Å²) in [5.74, 6) is 0.797. The van der Waals surface area contributed by atoms with E-state index in [1.54, 1.807) is 13.2 Å². The molecule has 1 unspecified atom stereocenters. The molecule has 7 nitrogen and oxygen atoms in total. The predicted octanol–water partition coefficient (Wildman–Crippen LogP) is -0.328. The molecule has 1 aromatic heterocycles. The molecule has 0 fully saturated rings. The van der Waals surface area contributed by atoms with Crippen molar-refractivity contribution < 1.29 is 21.8 Å². The molecule has 0 saturated carbocycles. The van der Waals surface area contributed by atoms with Gasteiger partial charge in [0, 0.05) is 43.0 Å². The van der Waals surface area contributed by atoms with Crippen LogP contribution in [-0.2, 0) is 32.1 Å². The first-order valence-electron chi connectivity index (χ1n) is 6.04. The maximum Gasteiger partial charge on any atom is 0.273 e. The van der Waals surface area contributed by atoms with E-state index in [0.717, 1.165) is 0 Å². The minimum Gasteiger partial charge on any atom is -0.447 e. The monoisotopic (exact) mass is 324 g/mol. The molecule has 0 aromatic carbocycles. The quantitative estimate of drug-likeness (QED) is 0.572. The Balaban J connectivity index is 2.50. The maximum atomic E-state index is 11.9. The molecule has 0 aliphatic carbocycles. The Hall–Kier alpha value is -0.740. The van der Waals surface area contributed by atoms with Crippen LogP contribution in [0.15, 0.2) is 21.6 Å². The fourth-order valence-corrected chi connectivity index (χ4v) is 2.87. The molecule has 0 aliphatic heterocycles. The highest BCUT2D eigenvalue weighted by atomic mass is 32.2. The minimum atomic E-state index is -3.67. The van der Waals surface area contributed by atoms with Crippen LogP contribution >= 0.6 is 0 Å². The molecule has 0 aliphatic rings. The fraction of sp³-hybridized carbons (Fsp3) is 0.636. The van der Waals surface area contributed by atoms with E-state index in [1.165, 1.54) is 12.3 Å². The van der Waals surface area contributed by atoms with Crippen molar-refractivity contribution in [3.63, 3.8) is 0 Å². The van der Waals surface area contributed by atoms with Crippen molar-refractivity contribution in [3.8, 4) is 0 Å². The van der Waals surface area contributed by atoms with E-state index in [9.17, 15) is 12.6 Å². The zero-order valence-corrected chi connectivity index (χ0v) is 13.2. The molecular formula is C11H20N2O5S2. The van der Waals surface area contributed by atoms with Crippen LogP contribution in [0, 0.1) is 0 Å². The third-order valence-corrected chi connectivity index (χ3v) is 4.48. The first-order chi connectivity index (χ1) is 9.45. The van der Waals surface area contributed by atoms with Crippen LogP contribution in [-0.4, -0.2) is 51.4 Å². The molecule has 1 rings (SSSR count). The summed E-state index contributed by atoms with van der Waals surface area (Å²) in [6, 6.07) is 3.00. The van der Waals surface area contributed by atoms with Gasteiger partial charge in [-0.1, -0.05) is 0 Å². The number of hydrogen-bond donors (Lipinski definition) is 2. The highest BCUT2D eigenvalue weighted by Crippen LogP contribution is 2.13. The first kappa shape index (κ1) is 17.3. The van der Waals surface area contributed by atoms with E-state index in [1.807, 2.05) is 0 Å². The molecule has 0 saturated heterocycles. The van der Waals surface area contributed by atoms with Gasteiger partial charge in [0.2, 0.25) is 5.09 Å². The van der Waals surface area contributed by atoms with Crippen molar-refractivity contribution in [2.75, 3.05) is 38.8 Å². The number of ether oxygens (including phenoxy) is 1. The van der Waals surface area contributed by atoms with Gasteiger partial charge >= 0.3 is 0 Å². The van der Waals surface area contributed by atoms with E-state index in [2.05, 4.69) is 10.0 Å². The van der Waals surface area contributed by atoms with Gasteiger partial charge in [0.1, 0.15) is 5.76 Å². The van der Waals surface area contributed by atoms with Gasteiger partial charge < -0.3 is 14.5 Å². The van der Waals surface area contributed by atoms with Gasteiger partial charge in [-0.05, 0) is 12.1 Å². The SMILES string of the molecule is COCCNCc1ccc(S(=O)(=O)NCCS(C)=O)o1. The van der Waals surface area contributed by atoms with E-state index in [4.69, 9.17) is 9.15 Å². The van der Waals surface area contributed by atoms with E-state index >= 15 is 0 Å². The molecule has 116 valence electrons. The topological polar surface area (TPSA) is 97.6 Å². The predicted molar refractivity (Wildman–Crippen MR) is 76.4 cm³/mol. The van der Waals surface area contributed by atoms with Gasteiger partial charge in [-0.3, -0.25) is 4.21 Å². The number of furan rings is 1. The van der Waals surface area contributed by atoms with Crippen molar-refractivity contribution in [2.24, 2.45) is 0 Å². The molecule has 2 N–H and O–H groups in total. The van der Waals surface area contributed by atoms with Crippen molar-refractivity contribution >= 4 is 20.8 Å². The molecule has 0 bridgehead atoms. The molecule has 0 spiro atoms. The summed E-state index contributed by atoms with van der Waals surface area (Å²) in [5, 5.41) is 2.92. The van der Waals surface area contributed by atoms with Gasteiger partial charge in [-0.25, -0.2) is 13.1 Å². The van der Waals surface area contributed by atoms with Gasteiger partial charge in [0.25, 0.3) is 10.0 Å². The summed E-state index contributed by atoms with van der Waals surface area (Å²) in [7, 11) is -3.11. The summed E-state index contributed by atoms with van der Waals surface area (Å²) >= 11 is 0. The van der Waals surface area contributed by atoms with Gasteiger partial charge in [0.05, 0.1) is 13.2 Å². The van der Waals surface area contributed by atoms with Crippen LogP contribution in [0.25, 0.3) is 0 Å². The van der Waals surface area contributed by atoms with E-state index in [-0.39, 0.29) is 17.4 Å². The third-order valence-electron chi connectivity index (χ3n) is 2.37. The number of rotatable bonds is 10. The summed E-state index contributed by atoms with van der Waals surface area (Å²) in [5.41, 5.74) is 0. The molecule has 1 heterocycles. The molecule has 0 amide bonds. The van der Waals surface area contributed by atoms with E-state index in [0.29, 0.717) is 25.5 Å². The Morgan fingerprint density at radius 1 is 1.35 bits per heavy atom. The second-order valence-corrected chi connectivity index (χ2v) is 7.32. The lowest BCUT2D eigenvalue weighted by molar-refractivity contribution is 0.198. The summed E-state index contributed by atoms with van der Waals surface area (Å²) in [6.07, 6.45) is 1.52. The second kappa shape index (κ2) is 8.53. The van der Waals surface area contributed by atoms with Crippen LogP contribution in [0.2, 0.25) is 0 Å².